The summed E-state index contributed by atoms with van der Waals surface area (Å²) in [6.07, 6.45) is -1.36. The number of hydrogen-bond donors (Lipinski definition) is 4. The largest absolute Gasteiger partial charge is 0.394 e. The number of hydrogen-bond acceptors (Lipinski definition) is 4. The normalized spacial score (nSPS) is 14.9. The first kappa shape index (κ1) is 12.1. The molecule has 0 saturated heterocycles. The minimum Gasteiger partial charge on any atom is -0.394 e. The van der Waals surface area contributed by atoms with E-state index in [1.807, 2.05) is 30.3 Å². The first-order valence-electron chi connectivity index (χ1n) is 4.96. The fraction of sp³-hybridized carbons (Fsp3) is 0.455. The second-order valence-electron chi connectivity index (χ2n) is 3.42. The molecule has 15 heavy (non-hydrogen) atoms. The third-order valence-corrected chi connectivity index (χ3v) is 2.11. The molecule has 4 nitrogen and oxygen atoms in total. The summed E-state index contributed by atoms with van der Waals surface area (Å²) in [5, 5.41) is 30.2. The summed E-state index contributed by atoms with van der Waals surface area (Å²) < 4.78 is 0. The molecule has 0 heterocycles. The van der Waals surface area contributed by atoms with Crippen LogP contribution in [0.2, 0.25) is 0 Å². The Morgan fingerprint density at radius 3 is 2.33 bits per heavy atom. The zero-order valence-corrected chi connectivity index (χ0v) is 8.50. The van der Waals surface area contributed by atoms with E-state index in [2.05, 4.69) is 5.32 Å². The number of nitrogens with one attached hydrogen (secondary N) is 1. The van der Waals surface area contributed by atoms with Crippen molar-refractivity contribution in [3.8, 4) is 0 Å². The van der Waals surface area contributed by atoms with Gasteiger partial charge in [-0.25, -0.2) is 0 Å². The van der Waals surface area contributed by atoms with Crippen molar-refractivity contribution in [3.05, 3.63) is 35.9 Å². The minimum absolute atomic E-state index is 0.269. The van der Waals surface area contributed by atoms with Crippen LogP contribution in [0.5, 0.6) is 0 Å². The number of aliphatic hydroxyl groups is 3. The molecule has 0 saturated carbocycles. The molecule has 1 rings (SSSR count). The van der Waals surface area contributed by atoms with Gasteiger partial charge in [-0.3, -0.25) is 0 Å². The molecule has 1 aromatic rings. The van der Waals surface area contributed by atoms with Gasteiger partial charge in [0.1, 0.15) is 0 Å². The highest BCUT2D eigenvalue weighted by molar-refractivity contribution is 5.17. The highest BCUT2D eigenvalue weighted by atomic mass is 16.3. The number of rotatable bonds is 6. The Hall–Kier alpha value is -0.940. The van der Waals surface area contributed by atoms with E-state index >= 15 is 0 Å². The maximum atomic E-state index is 9.70. The molecule has 0 bridgehead atoms. The monoisotopic (exact) mass is 211 g/mol. The third-order valence-electron chi connectivity index (χ3n) is 2.11. The molecule has 2 atom stereocenters. The van der Waals surface area contributed by atoms with Gasteiger partial charge in [0.2, 0.25) is 0 Å². The number of aliphatic hydroxyl groups excluding tert-OH is 3. The summed E-state index contributed by atoms with van der Waals surface area (Å²) in [4.78, 5) is 0. The summed E-state index contributed by atoms with van der Waals surface area (Å²) in [6, 6.07) is 9.30. The van der Waals surface area contributed by atoms with Crippen molar-refractivity contribution < 1.29 is 15.3 Å². The maximum Gasteiger partial charge on any atom is 0.0914 e. The smallest absolute Gasteiger partial charge is 0.0914 e. The van der Waals surface area contributed by atoms with Crippen molar-refractivity contribution in [3.63, 3.8) is 0 Å². The van der Waals surface area contributed by atoms with Gasteiger partial charge in [0.15, 0.2) is 0 Å². The van der Waals surface area contributed by atoms with E-state index in [1.165, 1.54) is 0 Å². The molecule has 0 amide bonds. The molecule has 0 aliphatic rings. The summed E-state index contributed by atoms with van der Waals surface area (Å²) in [7, 11) is 0. The molecule has 0 aliphatic carbocycles. The molecule has 0 aromatic heterocycles. The highest BCUT2D eigenvalue weighted by Crippen LogP contribution is 2.10. The van der Waals surface area contributed by atoms with E-state index in [0.717, 1.165) is 5.56 Å². The lowest BCUT2D eigenvalue weighted by Crippen LogP contribution is -2.32. The van der Waals surface area contributed by atoms with Crippen LogP contribution in [-0.2, 0) is 0 Å². The Bertz CT molecular complexity index is 266. The van der Waals surface area contributed by atoms with E-state index in [4.69, 9.17) is 10.2 Å². The lowest BCUT2D eigenvalue weighted by atomic mass is 10.1. The molecule has 0 fully saturated rings. The molecule has 1 aromatic carbocycles. The molecular weight excluding hydrogens is 194 g/mol. The minimum atomic E-state index is -0.770. The van der Waals surface area contributed by atoms with Crippen LogP contribution in [0, 0.1) is 0 Å². The van der Waals surface area contributed by atoms with Gasteiger partial charge in [-0.1, -0.05) is 30.3 Å². The van der Waals surface area contributed by atoms with Crippen LogP contribution >= 0.6 is 0 Å². The predicted molar refractivity (Wildman–Crippen MR) is 57.4 cm³/mol. The molecule has 4 heteroatoms. The predicted octanol–water partition coefficient (Wildman–Crippen LogP) is -0.337. The fourth-order valence-electron chi connectivity index (χ4n) is 1.24. The first-order chi connectivity index (χ1) is 7.24. The van der Waals surface area contributed by atoms with Crippen LogP contribution < -0.4 is 5.32 Å². The molecule has 84 valence electrons. The van der Waals surface area contributed by atoms with E-state index < -0.39 is 12.2 Å². The zero-order valence-electron chi connectivity index (χ0n) is 8.50. The van der Waals surface area contributed by atoms with E-state index in [-0.39, 0.29) is 13.2 Å². The average molecular weight is 211 g/mol. The molecular formula is C11H17NO3. The molecule has 0 spiro atoms. The van der Waals surface area contributed by atoms with Crippen molar-refractivity contribution in [2.45, 2.75) is 12.2 Å². The van der Waals surface area contributed by atoms with Crippen molar-refractivity contribution >= 4 is 0 Å². The van der Waals surface area contributed by atoms with Gasteiger partial charge in [0.05, 0.1) is 18.8 Å². The third kappa shape index (κ3) is 4.40. The van der Waals surface area contributed by atoms with Gasteiger partial charge in [0, 0.05) is 13.1 Å². The second kappa shape index (κ2) is 6.53. The SMILES string of the molecule is OCC(O)CNCC(O)c1ccccc1. The van der Waals surface area contributed by atoms with Gasteiger partial charge >= 0.3 is 0 Å². The Morgan fingerprint density at radius 1 is 1.07 bits per heavy atom. The van der Waals surface area contributed by atoms with E-state index in [1.54, 1.807) is 0 Å². The van der Waals surface area contributed by atoms with Crippen LogP contribution in [0.4, 0.5) is 0 Å². The highest BCUT2D eigenvalue weighted by Gasteiger charge is 2.07. The second-order valence-corrected chi connectivity index (χ2v) is 3.42. The summed E-state index contributed by atoms with van der Waals surface area (Å²) in [5.74, 6) is 0. The quantitative estimate of drug-likeness (QED) is 0.519. The summed E-state index contributed by atoms with van der Waals surface area (Å²) >= 11 is 0. The standard InChI is InChI=1S/C11H17NO3/c13-8-10(14)6-12-7-11(15)9-4-2-1-3-5-9/h1-5,10-15H,6-8H2. The van der Waals surface area contributed by atoms with Crippen molar-refractivity contribution in [2.75, 3.05) is 19.7 Å². The van der Waals surface area contributed by atoms with Gasteiger partial charge in [-0.2, -0.15) is 0 Å². The first-order valence-corrected chi connectivity index (χ1v) is 4.96. The van der Waals surface area contributed by atoms with Crippen molar-refractivity contribution in [1.29, 1.82) is 0 Å². The van der Waals surface area contributed by atoms with Crippen LogP contribution in [0.3, 0.4) is 0 Å². The molecule has 4 N–H and O–H groups in total. The molecule has 0 aliphatic heterocycles. The van der Waals surface area contributed by atoms with Crippen LogP contribution in [-0.4, -0.2) is 41.1 Å². The average Bonchev–Trinajstić information content (AvgIpc) is 2.29. The van der Waals surface area contributed by atoms with Crippen LogP contribution in [0.1, 0.15) is 11.7 Å². The fourth-order valence-corrected chi connectivity index (χ4v) is 1.24. The van der Waals surface area contributed by atoms with Crippen molar-refractivity contribution in [2.24, 2.45) is 0 Å². The van der Waals surface area contributed by atoms with Crippen LogP contribution in [0.25, 0.3) is 0 Å². The topological polar surface area (TPSA) is 72.7 Å². The van der Waals surface area contributed by atoms with Gasteiger partial charge in [-0.05, 0) is 5.56 Å². The summed E-state index contributed by atoms with van der Waals surface area (Å²) in [5.41, 5.74) is 0.837. The van der Waals surface area contributed by atoms with E-state index in [0.29, 0.717) is 6.54 Å². The Kier molecular flexibility index (Phi) is 5.28. The zero-order chi connectivity index (χ0) is 11.1. The number of benzene rings is 1. The van der Waals surface area contributed by atoms with Crippen LogP contribution in [0.15, 0.2) is 30.3 Å². The van der Waals surface area contributed by atoms with Gasteiger partial charge < -0.3 is 20.6 Å². The lowest BCUT2D eigenvalue weighted by molar-refractivity contribution is 0.0891. The van der Waals surface area contributed by atoms with E-state index in [9.17, 15) is 5.11 Å². The lowest BCUT2D eigenvalue weighted by Gasteiger charge is -2.13. The van der Waals surface area contributed by atoms with Gasteiger partial charge in [-0.15, -0.1) is 0 Å². The van der Waals surface area contributed by atoms with Gasteiger partial charge in [0.25, 0.3) is 0 Å². The Balaban J connectivity index is 2.28. The summed E-state index contributed by atoms with van der Waals surface area (Å²) in [6.45, 7) is 0.371. The molecule has 2 unspecified atom stereocenters. The maximum absolute atomic E-state index is 9.70. The Labute approximate surface area is 89.2 Å². The molecule has 0 radical (unpaired) electrons. The van der Waals surface area contributed by atoms with Crippen molar-refractivity contribution in [1.82, 2.24) is 5.32 Å². The Morgan fingerprint density at radius 2 is 1.73 bits per heavy atom.